The van der Waals surface area contributed by atoms with Gasteiger partial charge in [0.25, 0.3) is 0 Å². The van der Waals surface area contributed by atoms with Crippen molar-refractivity contribution in [3.05, 3.63) is 17.1 Å². The highest BCUT2D eigenvalue weighted by atomic mass is 16.5. The Kier molecular flexibility index (Phi) is 5.26. The summed E-state index contributed by atoms with van der Waals surface area (Å²) in [6, 6.07) is 0. The summed E-state index contributed by atoms with van der Waals surface area (Å²) < 4.78 is 10.9. The predicted octanol–water partition coefficient (Wildman–Crippen LogP) is 2.30. The Hall–Kier alpha value is -1.20. The summed E-state index contributed by atoms with van der Waals surface area (Å²) in [5.74, 6) is 2.10. The lowest BCUT2D eigenvalue weighted by atomic mass is 9.95. The molecular formula is C17H27N3O2. The standard InChI is InChI=1S/C17H27N3O2/c1-13-18-16-6-4-3-5-15(16)17(19-13)20-9-7-14(8-10-20)22-12-11-21-2/h14H,3-12H2,1-2H3. The molecule has 1 fully saturated rings. The molecule has 0 bridgehead atoms. The van der Waals surface area contributed by atoms with Gasteiger partial charge in [-0.3, -0.25) is 0 Å². The summed E-state index contributed by atoms with van der Waals surface area (Å²) >= 11 is 0. The van der Waals surface area contributed by atoms with Gasteiger partial charge < -0.3 is 14.4 Å². The van der Waals surface area contributed by atoms with Gasteiger partial charge in [-0.1, -0.05) is 0 Å². The highest BCUT2D eigenvalue weighted by Crippen LogP contribution is 2.30. The third-order valence-corrected chi connectivity index (χ3v) is 4.66. The lowest BCUT2D eigenvalue weighted by molar-refractivity contribution is 0.00602. The Morgan fingerprint density at radius 1 is 1.09 bits per heavy atom. The zero-order valence-electron chi connectivity index (χ0n) is 13.8. The Morgan fingerprint density at radius 2 is 1.86 bits per heavy atom. The molecule has 3 rings (SSSR count). The van der Waals surface area contributed by atoms with Crippen molar-refractivity contribution in [2.45, 2.75) is 51.6 Å². The molecule has 0 unspecified atom stereocenters. The van der Waals surface area contributed by atoms with Crippen LogP contribution in [-0.2, 0) is 22.3 Å². The molecule has 0 N–H and O–H groups in total. The van der Waals surface area contributed by atoms with Gasteiger partial charge in [-0.05, 0) is 45.4 Å². The van der Waals surface area contributed by atoms with E-state index in [2.05, 4.69) is 9.88 Å². The molecule has 2 heterocycles. The fourth-order valence-corrected chi connectivity index (χ4v) is 3.49. The van der Waals surface area contributed by atoms with E-state index >= 15 is 0 Å². The van der Waals surface area contributed by atoms with Gasteiger partial charge in [0.15, 0.2) is 0 Å². The molecule has 1 aliphatic heterocycles. The van der Waals surface area contributed by atoms with Crippen LogP contribution in [0.15, 0.2) is 0 Å². The second kappa shape index (κ2) is 7.38. The van der Waals surface area contributed by atoms with Crippen LogP contribution in [0.25, 0.3) is 0 Å². The zero-order chi connectivity index (χ0) is 15.4. The van der Waals surface area contributed by atoms with Gasteiger partial charge in [0, 0.05) is 31.5 Å². The Labute approximate surface area is 133 Å². The molecule has 1 saturated heterocycles. The topological polar surface area (TPSA) is 47.5 Å². The minimum absolute atomic E-state index is 0.366. The van der Waals surface area contributed by atoms with Crippen LogP contribution in [0.2, 0.25) is 0 Å². The Bertz CT molecular complexity index is 499. The maximum atomic E-state index is 5.86. The first-order valence-corrected chi connectivity index (χ1v) is 8.50. The number of fused-ring (bicyclic) bond motifs is 1. The normalized spacial score (nSPS) is 19.3. The molecule has 1 aliphatic carbocycles. The fourth-order valence-electron chi connectivity index (χ4n) is 3.49. The van der Waals surface area contributed by atoms with E-state index < -0.39 is 0 Å². The average Bonchev–Trinajstić information content (AvgIpc) is 2.55. The number of aromatic nitrogens is 2. The van der Waals surface area contributed by atoms with Crippen molar-refractivity contribution in [2.24, 2.45) is 0 Å². The van der Waals surface area contributed by atoms with Crippen molar-refractivity contribution < 1.29 is 9.47 Å². The molecule has 5 nitrogen and oxygen atoms in total. The third kappa shape index (κ3) is 3.58. The largest absolute Gasteiger partial charge is 0.382 e. The van der Waals surface area contributed by atoms with Crippen molar-refractivity contribution in [3.8, 4) is 0 Å². The second-order valence-electron chi connectivity index (χ2n) is 6.28. The summed E-state index contributed by atoms with van der Waals surface area (Å²) in [4.78, 5) is 11.9. The van der Waals surface area contributed by atoms with Gasteiger partial charge in [0.2, 0.25) is 0 Å². The van der Waals surface area contributed by atoms with Gasteiger partial charge >= 0.3 is 0 Å². The summed E-state index contributed by atoms with van der Waals surface area (Å²) in [5.41, 5.74) is 2.68. The maximum absolute atomic E-state index is 5.86. The molecule has 122 valence electrons. The quantitative estimate of drug-likeness (QED) is 0.781. The van der Waals surface area contributed by atoms with Gasteiger partial charge in [0.05, 0.1) is 19.3 Å². The smallest absolute Gasteiger partial charge is 0.135 e. The summed E-state index contributed by atoms with van der Waals surface area (Å²) in [6.07, 6.45) is 7.28. The summed E-state index contributed by atoms with van der Waals surface area (Å²) in [7, 11) is 1.71. The first-order chi connectivity index (χ1) is 10.8. The number of nitrogens with zero attached hydrogens (tertiary/aromatic N) is 3. The lowest BCUT2D eigenvalue weighted by Gasteiger charge is -2.34. The van der Waals surface area contributed by atoms with Crippen molar-refractivity contribution in [2.75, 3.05) is 38.3 Å². The monoisotopic (exact) mass is 305 g/mol. The van der Waals surface area contributed by atoms with Crippen LogP contribution < -0.4 is 4.90 Å². The van der Waals surface area contributed by atoms with Crippen LogP contribution >= 0.6 is 0 Å². The first-order valence-electron chi connectivity index (χ1n) is 8.50. The summed E-state index contributed by atoms with van der Waals surface area (Å²) in [6.45, 7) is 5.45. The van der Waals surface area contributed by atoms with Crippen molar-refractivity contribution in [3.63, 3.8) is 0 Å². The molecule has 0 atom stereocenters. The molecular weight excluding hydrogens is 278 g/mol. The molecule has 0 aromatic carbocycles. The van der Waals surface area contributed by atoms with E-state index in [0.717, 1.165) is 44.6 Å². The number of anilines is 1. The van der Waals surface area contributed by atoms with Crippen LogP contribution in [0.4, 0.5) is 5.82 Å². The van der Waals surface area contributed by atoms with E-state index in [-0.39, 0.29) is 0 Å². The minimum Gasteiger partial charge on any atom is -0.382 e. The van der Waals surface area contributed by atoms with Gasteiger partial charge in [-0.15, -0.1) is 0 Å². The fraction of sp³-hybridized carbons (Fsp3) is 0.765. The number of aryl methyl sites for hydroxylation is 2. The van der Waals surface area contributed by atoms with Gasteiger partial charge in [-0.2, -0.15) is 0 Å². The zero-order valence-corrected chi connectivity index (χ0v) is 13.8. The number of methoxy groups -OCH3 is 1. The van der Waals surface area contributed by atoms with E-state index in [1.165, 1.54) is 29.9 Å². The first kappa shape index (κ1) is 15.7. The van der Waals surface area contributed by atoms with Crippen LogP contribution in [-0.4, -0.2) is 49.5 Å². The second-order valence-corrected chi connectivity index (χ2v) is 6.28. The van der Waals surface area contributed by atoms with Crippen LogP contribution in [0.1, 0.15) is 42.8 Å². The Morgan fingerprint density at radius 3 is 2.64 bits per heavy atom. The maximum Gasteiger partial charge on any atom is 0.135 e. The van der Waals surface area contributed by atoms with E-state index in [0.29, 0.717) is 19.3 Å². The highest BCUT2D eigenvalue weighted by molar-refractivity contribution is 5.50. The number of ether oxygens (including phenoxy) is 2. The van der Waals surface area contributed by atoms with Crippen molar-refractivity contribution in [1.29, 1.82) is 0 Å². The lowest BCUT2D eigenvalue weighted by Crippen LogP contribution is -2.39. The number of piperidine rings is 1. The summed E-state index contributed by atoms with van der Waals surface area (Å²) in [5, 5.41) is 0. The van der Waals surface area contributed by atoms with Crippen LogP contribution in [0.5, 0.6) is 0 Å². The predicted molar refractivity (Wildman–Crippen MR) is 86.5 cm³/mol. The minimum atomic E-state index is 0.366. The average molecular weight is 305 g/mol. The third-order valence-electron chi connectivity index (χ3n) is 4.66. The molecule has 0 saturated carbocycles. The molecule has 1 aromatic heterocycles. The highest BCUT2D eigenvalue weighted by Gasteiger charge is 2.25. The van der Waals surface area contributed by atoms with Crippen molar-refractivity contribution >= 4 is 5.82 Å². The van der Waals surface area contributed by atoms with E-state index in [4.69, 9.17) is 14.5 Å². The Balaban J connectivity index is 1.65. The van der Waals surface area contributed by atoms with Gasteiger partial charge in [0.1, 0.15) is 11.6 Å². The number of rotatable bonds is 5. The number of hydrogen-bond donors (Lipinski definition) is 0. The SMILES string of the molecule is COCCOC1CCN(c2nc(C)nc3c2CCCC3)CC1. The molecule has 22 heavy (non-hydrogen) atoms. The molecule has 2 aliphatic rings. The number of hydrogen-bond acceptors (Lipinski definition) is 5. The van der Waals surface area contributed by atoms with Crippen LogP contribution in [0.3, 0.4) is 0 Å². The van der Waals surface area contributed by atoms with E-state index in [1.807, 2.05) is 6.92 Å². The van der Waals surface area contributed by atoms with E-state index in [9.17, 15) is 0 Å². The molecule has 5 heteroatoms. The van der Waals surface area contributed by atoms with Crippen molar-refractivity contribution in [1.82, 2.24) is 9.97 Å². The van der Waals surface area contributed by atoms with E-state index in [1.54, 1.807) is 7.11 Å². The molecule has 0 amide bonds. The molecule has 1 aromatic rings. The molecule has 0 spiro atoms. The van der Waals surface area contributed by atoms with Crippen LogP contribution in [0, 0.1) is 6.92 Å². The molecule has 0 radical (unpaired) electrons. The van der Waals surface area contributed by atoms with Gasteiger partial charge in [-0.25, -0.2) is 9.97 Å².